The number of carbonyl (C=O) groups excluding carboxylic acids is 2. The van der Waals surface area contributed by atoms with Gasteiger partial charge in [0.2, 0.25) is 5.88 Å². The van der Waals surface area contributed by atoms with Gasteiger partial charge in [0.15, 0.2) is 0 Å². The van der Waals surface area contributed by atoms with Crippen molar-refractivity contribution in [2.75, 3.05) is 38.1 Å². The Bertz CT molecular complexity index is 930. The van der Waals surface area contributed by atoms with Gasteiger partial charge in [-0.05, 0) is 69.4 Å². The van der Waals surface area contributed by atoms with Crippen molar-refractivity contribution in [2.24, 2.45) is 11.7 Å². The Labute approximate surface area is 201 Å². The van der Waals surface area contributed by atoms with Crippen LogP contribution in [0.25, 0.3) is 0 Å². The summed E-state index contributed by atoms with van der Waals surface area (Å²) in [5.41, 5.74) is 3.27. The number of urea groups is 1. The van der Waals surface area contributed by atoms with Crippen LogP contribution in [0.4, 0.5) is 18.6 Å². The number of allylic oxidation sites excluding steroid dienone is 3. The number of hydrogen-bond acceptors (Lipinski definition) is 7. The number of halogens is 2. The fraction of sp³-hybridized carbons (Fsp3) is 0.591. The fourth-order valence-electron chi connectivity index (χ4n) is 3.89. The number of ether oxygens (including phenoxy) is 1. The second-order valence-corrected chi connectivity index (χ2v) is 9.42. The summed E-state index contributed by atoms with van der Waals surface area (Å²) in [7, 11) is 0. The molecule has 1 aromatic rings. The van der Waals surface area contributed by atoms with Crippen LogP contribution in [-0.4, -0.2) is 70.9 Å². The van der Waals surface area contributed by atoms with Crippen LogP contribution in [0.3, 0.4) is 0 Å². The molecule has 3 unspecified atom stereocenters. The van der Waals surface area contributed by atoms with Crippen LogP contribution < -0.4 is 21.1 Å². The molecule has 0 radical (unpaired) electrons. The first-order valence-corrected chi connectivity index (χ1v) is 12.1. The Hall–Kier alpha value is -2.57. The van der Waals surface area contributed by atoms with Crippen LogP contribution in [0, 0.1) is 5.92 Å². The van der Waals surface area contributed by atoms with Gasteiger partial charge in [-0.3, -0.25) is 10.1 Å². The van der Waals surface area contributed by atoms with Crippen LogP contribution in [-0.2, 0) is 0 Å². The average Bonchev–Trinajstić information content (AvgIpc) is 3.41. The minimum absolute atomic E-state index is 0.0529. The maximum absolute atomic E-state index is 14.6. The van der Waals surface area contributed by atoms with Crippen LogP contribution in [0.1, 0.15) is 43.0 Å². The molecule has 9 nitrogen and oxygen atoms in total. The molecule has 1 aliphatic heterocycles. The lowest BCUT2D eigenvalue weighted by Gasteiger charge is -2.28. The van der Waals surface area contributed by atoms with Gasteiger partial charge in [-0.1, -0.05) is 6.08 Å². The molecule has 0 aromatic carbocycles. The van der Waals surface area contributed by atoms with E-state index in [1.165, 1.54) is 31.9 Å². The molecule has 1 saturated heterocycles. The number of primary amides is 1. The highest BCUT2D eigenvalue weighted by Crippen LogP contribution is 2.36. The van der Waals surface area contributed by atoms with E-state index in [1.54, 1.807) is 0 Å². The summed E-state index contributed by atoms with van der Waals surface area (Å²) in [5.74, 6) is -3.01. The second kappa shape index (κ2) is 11.7. The molecule has 0 saturated carbocycles. The summed E-state index contributed by atoms with van der Waals surface area (Å²) in [6.45, 7) is 4.00. The molecule has 12 heteroatoms. The molecular weight excluding hydrogens is 468 g/mol. The van der Waals surface area contributed by atoms with Crippen molar-refractivity contribution in [3.05, 3.63) is 29.6 Å². The molecule has 1 fully saturated rings. The molecule has 3 rings (SSSR count). The maximum atomic E-state index is 14.6. The van der Waals surface area contributed by atoms with E-state index in [9.17, 15) is 23.5 Å². The van der Waals surface area contributed by atoms with Gasteiger partial charge < -0.3 is 25.8 Å². The predicted octanol–water partition coefficient (Wildman–Crippen LogP) is 2.75. The van der Waals surface area contributed by atoms with E-state index in [0.717, 1.165) is 37.2 Å². The Morgan fingerprint density at radius 1 is 1.41 bits per heavy atom. The number of aromatic nitrogens is 1. The second-order valence-electron chi connectivity index (χ2n) is 8.64. The van der Waals surface area contributed by atoms with Gasteiger partial charge in [0.25, 0.3) is 5.91 Å². The van der Waals surface area contributed by atoms with Crippen LogP contribution in [0.2, 0.25) is 0 Å². The summed E-state index contributed by atoms with van der Waals surface area (Å²) in [5, 5.41) is 15.3. The van der Waals surface area contributed by atoms with E-state index in [2.05, 4.69) is 19.9 Å². The highest BCUT2D eigenvalue weighted by atomic mass is 32.1. The van der Waals surface area contributed by atoms with Crippen molar-refractivity contribution in [3.8, 4) is 5.88 Å². The zero-order chi connectivity index (χ0) is 24.7. The normalized spacial score (nSPS) is 23.4. The van der Waals surface area contributed by atoms with Crippen LogP contribution in [0.15, 0.2) is 24.1 Å². The predicted molar refractivity (Wildman–Crippen MR) is 125 cm³/mol. The minimum atomic E-state index is -1.97. The number of aliphatic hydroxyl groups excluding tert-OH is 1. The third-order valence-corrected chi connectivity index (χ3v) is 6.70. The van der Waals surface area contributed by atoms with Gasteiger partial charge in [-0.2, -0.15) is 4.37 Å². The average molecular weight is 500 g/mol. The van der Waals surface area contributed by atoms with Crippen molar-refractivity contribution in [3.63, 3.8) is 0 Å². The van der Waals surface area contributed by atoms with Gasteiger partial charge in [0.1, 0.15) is 28.7 Å². The highest BCUT2D eigenvalue weighted by Gasteiger charge is 2.38. The van der Waals surface area contributed by atoms with E-state index >= 15 is 0 Å². The Morgan fingerprint density at radius 2 is 2.15 bits per heavy atom. The van der Waals surface area contributed by atoms with Crippen molar-refractivity contribution in [2.45, 2.75) is 44.4 Å². The number of amides is 3. The van der Waals surface area contributed by atoms with Crippen LogP contribution in [0.5, 0.6) is 5.88 Å². The first-order chi connectivity index (χ1) is 16.2. The van der Waals surface area contributed by atoms with Gasteiger partial charge in [0.05, 0.1) is 12.0 Å². The Kier molecular flexibility index (Phi) is 8.97. The van der Waals surface area contributed by atoms with Gasteiger partial charge in [0, 0.05) is 13.1 Å². The third-order valence-electron chi connectivity index (χ3n) is 5.95. The summed E-state index contributed by atoms with van der Waals surface area (Å²) in [6, 6.07) is -0.604. The molecule has 0 spiro atoms. The number of nitrogens with two attached hydrogens (primary N) is 1. The number of carbonyl (C=O) groups is 2. The molecule has 1 aromatic heterocycles. The molecule has 34 heavy (non-hydrogen) atoms. The topological polar surface area (TPSA) is 130 Å². The van der Waals surface area contributed by atoms with Gasteiger partial charge in [-0.15, -0.1) is 0 Å². The smallest absolute Gasteiger partial charge is 0.319 e. The fourth-order valence-corrected chi connectivity index (χ4v) is 4.63. The number of anilines is 1. The maximum Gasteiger partial charge on any atom is 0.319 e. The number of nitrogens with zero attached hydrogens (tertiary/aromatic N) is 2. The van der Waals surface area contributed by atoms with E-state index in [1.807, 2.05) is 0 Å². The zero-order valence-corrected chi connectivity index (χ0v) is 19.9. The first-order valence-electron chi connectivity index (χ1n) is 11.3. The zero-order valence-electron chi connectivity index (χ0n) is 19.1. The lowest BCUT2D eigenvalue weighted by atomic mass is 9.87. The van der Waals surface area contributed by atoms with E-state index in [-0.39, 0.29) is 23.0 Å². The number of rotatable bonds is 11. The van der Waals surface area contributed by atoms with Crippen molar-refractivity contribution in [1.82, 2.24) is 14.6 Å². The number of nitrogens with one attached hydrogen (secondary N) is 2. The van der Waals surface area contributed by atoms with Crippen molar-refractivity contribution in [1.29, 1.82) is 0 Å². The summed E-state index contributed by atoms with van der Waals surface area (Å²) in [6.07, 6.45) is 6.53. The summed E-state index contributed by atoms with van der Waals surface area (Å²) in [4.78, 5) is 26.5. The molecular formula is C22H31F2N5O4S. The molecule has 5 N–H and O–H groups in total. The lowest BCUT2D eigenvalue weighted by molar-refractivity contribution is 0.0981. The molecule has 188 valence electrons. The number of likely N-dealkylation sites (tertiary alicyclic amines) is 1. The number of hydrogen-bond donors (Lipinski definition) is 4. The van der Waals surface area contributed by atoms with Gasteiger partial charge >= 0.3 is 6.03 Å². The van der Waals surface area contributed by atoms with E-state index in [4.69, 9.17) is 10.5 Å². The van der Waals surface area contributed by atoms with E-state index in [0.29, 0.717) is 12.8 Å². The SMILES string of the molecule is CC1(F)C=CC=C(F)C1COc1nsc(NC(=O)NCCC(O)CCN2CCCC2)c1C(N)=O. The monoisotopic (exact) mass is 499 g/mol. The minimum Gasteiger partial charge on any atom is -0.476 e. The third kappa shape index (κ3) is 6.97. The van der Waals surface area contributed by atoms with E-state index < -0.39 is 42.1 Å². The molecule has 0 bridgehead atoms. The highest BCUT2D eigenvalue weighted by molar-refractivity contribution is 7.11. The van der Waals surface area contributed by atoms with Crippen molar-refractivity contribution >= 4 is 28.5 Å². The number of alkyl halides is 1. The van der Waals surface area contributed by atoms with Crippen molar-refractivity contribution < 1.29 is 28.2 Å². The quantitative estimate of drug-likeness (QED) is 0.371. The largest absolute Gasteiger partial charge is 0.476 e. The van der Waals surface area contributed by atoms with Crippen LogP contribution >= 0.6 is 11.5 Å². The lowest BCUT2D eigenvalue weighted by Crippen LogP contribution is -2.34. The standard InChI is InChI=1S/C22H31F2N5O4S/c1-22(24)8-4-5-16(23)15(22)13-33-19-17(18(25)31)20(34-28-19)27-21(32)26-9-6-14(30)7-12-29-10-2-3-11-29/h4-5,8,14-15,30H,2-3,6-7,9-13H2,1H3,(H2,25,31)(H2,26,27,32). The Balaban J connectivity index is 1.48. The molecule has 3 atom stereocenters. The van der Waals surface area contributed by atoms with Gasteiger partial charge in [-0.25, -0.2) is 13.6 Å². The number of aliphatic hydroxyl groups is 1. The molecule has 2 heterocycles. The summed E-state index contributed by atoms with van der Waals surface area (Å²) >= 11 is 0.763. The molecule has 2 aliphatic rings. The summed E-state index contributed by atoms with van der Waals surface area (Å²) < 4.78 is 38.1. The Morgan fingerprint density at radius 3 is 2.82 bits per heavy atom. The molecule has 1 aliphatic carbocycles. The molecule has 3 amide bonds. The first kappa shape index (κ1) is 26.0.